The van der Waals surface area contributed by atoms with Gasteiger partial charge in [0.25, 0.3) is 5.91 Å². The number of benzene rings is 1. The van der Waals surface area contributed by atoms with Gasteiger partial charge in [0, 0.05) is 11.0 Å². The lowest BCUT2D eigenvalue weighted by molar-refractivity contribution is 0.0478. The van der Waals surface area contributed by atoms with Gasteiger partial charge in [0.1, 0.15) is 6.61 Å². The second-order valence-corrected chi connectivity index (χ2v) is 8.30. The average molecular weight is 461 g/mol. The summed E-state index contributed by atoms with van der Waals surface area (Å²) in [5.74, 6) is 1.49. The molecule has 0 radical (unpaired) electrons. The first-order valence-electron chi connectivity index (χ1n) is 7.21. The van der Waals surface area contributed by atoms with Crippen LogP contribution in [0, 0.1) is 0 Å². The Labute approximate surface area is 155 Å². The monoisotopic (exact) mass is 459 g/mol. The van der Waals surface area contributed by atoms with Gasteiger partial charge in [-0.25, -0.2) is 0 Å². The number of para-hydroxylation sites is 2. The molecule has 1 aromatic carbocycles. The molecule has 3 rings (SSSR count). The highest BCUT2D eigenvalue weighted by Gasteiger charge is 2.26. The molecule has 0 N–H and O–H groups in total. The Balaban J connectivity index is 1.69. The molecule has 122 valence electrons. The predicted molar refractivity (Wildman–Crippen MR) is 97.6 cm³/mol. The third-order valence-electron chi connectivity index (χ3n) is 3.52. The van der Waals surface area contributed by atoms with Crippen LogP contribution in [-0.2, 0) is 0 Å². The number of hydrogen-bond donors (Lipinski definition) is 0. The predicted octanol–water partition coefficient (Wildman–Crippen LogP) is 4.58. The molecule has 0 bridgehead atoms. The number of carbonyl (C=O) groups is 1. The van der Waals surface area contributed by atoms with Gasteiger partial charge in [-0.05, 0) is 57.0 Å². The summed E-state index contributed by atoms with van der Waals surface area (Å²) in [6.45, 7) is 3.52. The van der Waals surface area contributed by atoms with E-state index < -0.39 is 0 Å². The van der Waals surface area contributed by atoms with E-state index in [0.717, 1.165) is 19.8 Å². The van der Waals surface area contributed by atoms with Crippen molar-refractivity contribution >= 4 is 49.1 Å². The van der Waals surface area contributed by atoms with Gasteiger partial charge in [-0.1, -0.05) is 12.1 Å². The molecule has 1 aliphatic rings. The van der Waals surface area contributed by atoms with Crippen LogP contribution in [0.25, 0.3) is 0 Å². The summed E-state index contributed by atoms with van der Waals surface area (Å²) < 4.78 is 13.5. The highest BCUT2D eigenvalue weighted by atomic mass is 79.9. The van der Waals surface area contributed by atoms with E-state index in [1.54, 1.807) is 4.90 Å². The number of nitrogens with zero attached hydrogens (tertiary/aromatic N) is 1. The number of amides is 1. The van der Waals surface area contributed by atoms with Crippen LogP contribution in [0.15, 0.2) is 38.6 Å². The van der Waals surface area contributed by atoms with Gasteiger partial charge in [-0.3, -0.25) is 4.79 Å². The fraction of sp³-hybridized carbons (Fsp3) is 0.312. The normalized spacial score (nSPS) is 16.2. The molecule has 1 unspecified atom stereocenters. The molecule has 1 amide bonds. The third-order valence-corrected chi connectivity index (χ3v) is 6.76. The van der Waals surface area contributed by atoms with Crippen LogP contribution in [0.4, 0.5) is 0 Å². The Morgan fingerprint density at radius 2 is 2.09 bits per heavy atom. The fourth-order valence-electron chi connectivity index (χ4n) is 2.36. The highest BCUT2D eigenvalue weighted by Crippen LogP contribution is 2.34. The first-order chi connectivity index (χ1) is 11.1. The first-order valence-corrected chi connectivity index (χ1v) is 9.61. The smallest absolute Gasteiger partial charge is 0.264 e. The van der Waals surface area contributed by atoms with E-state index in [4.69, 9.17) is 9.47 Å². The van der Waals surface area contributed by atoms with Gasteiger partial charge in [-0.15, -0.1) is 11.3 Å². The Hall–Kier alpha value is -1.05. The number of rotatable bonds is 4. The van der Waals surface area contributed by atoms with Crippen molar-refractivity contribution in [3.63, 3.8) is 0 Å². The minimum Gasteiger partial charge on any atom is -0.486 e. The minimum absolute atomic E-state index is 0.00589. The maximum absolute atomic E-state index is 12.7. The topological polar surface area (TPSA) is 38.8 Å². The molecule has 4 nitrogen and oxygen atoms in total. The van der Waals surface area contributed by atoms with E-state index in [9.17, 15) is 4.79 Å². The van der Waals surface area contributed by atoms with Crippen molar-refractivity contribution in [2.45, 2.75) is 13.0 Å². The standard InChI is InChI=1S/C16H15Br2NO3S/c1-2-19(16(20)14-7-11(17)15(18)23-14)8-10-9-21-12-5-3-4-6-13(12)22-10/h3-7,10H,2,8-9H2,1H3. The molecule has 7 heteroatoms. The van der Waals surface area contributed by atoms with E-state index in [2.05, 4.69) is 31.9 Å². The molecule has 0 saturated carbocycles. The van der Waals surface area contributed by atoms with E-state index >= 15 is 0 Å². The number of carbonyl (C=O) groups excluding carboxylic acids is 1. The van der Waals surface area contributed by atoms with E-state index in [1.807, 2.05) is 37.3 Å². The van der Waals surface area contributed by atoms with Crippen LogP contribution < -0.4 is 9.47 Å². The quantitative estimate of drug-likeness (QED) is 0.670. The molecule has 0 aliphatic carbocycles. The first kappa shape index (κ1) is 16.8. The van der Waals surface area contributed by atoms with Gasteiger partial charge < -0.3 is 14.4 Å². The molecule has 2 heterocycles. The van der Waals surface area contributed by atoms with Crippen molar-refractivity contribution in [2.75, 3.05) is 19.7 Å². The number of halogens is 2. The number of thiophene rings is 1. The van der Waals surface area contributed by atoms with Crippen LogP contribution in [0.1, 0.15) is 16.6 Å². The minimum atomic E-state index is -0.166. The zero-order valence-electron chi connectivity index (χ0n) is 12.4. The summed E-state index contributed by atoms with van der Waals surface area (Å²) in [5, 5.41) is 0. The molecular weight excluding hydrogens is 446 g/mol. The van der Waals surface area contributed by atoms with Gasteiger partial charge in [0.2, 0.25) is 0 Å². The Kier molecular flexibility index (Phi) is 5.28. The van der Waals surface area contributed by atoms with Crippen LogP contribution in [-0.4, -0.2) is 36.6 Å². The largest absolute Gasteiger partial charge is 0.486 e. The Morgan fingerprint density at radius 1 is 1.35 bits per heavy atom. The lowest BCUT2D eigenvalue weighted by Crippen LogP contribution is -2.43. The van der Waals surface area contributed by atoms with Crippen molar-refractivity contribution in [1.29, 1.82) is 0 Å². The second kappa shape index (κ2) is 7.23. The molecule has 2 aromatic rings. The molecule has 1 aliphatic heterocycles. The molecule has 0 saturated heterocycles. The summed E-state index contributed by atoms with van der Waals surface area (Å²) in [5.41, 5.74) is 0. The van der Waals surface area contributed by atoms with Crippen molar-refractivity contribution in [3.05, 3.63) is 43.5 Å². The second-order valence-electron chi connectivity index (χ2n) is 5.07. The molecule has 23 heavy (non-hydrogen) atoms. The molecular formula is C16H15Br2NO3S. The van der Waals surface area contributed by atoms with Gasteiger partial charge in [0.15, 0.2) is 17.6 Å². The van der Waals surface area contributed by atoms with Crippen LogP contribution in [0.2, 0.25) is 0 Å². The van der Waals surface area contributed by atoms with Crippen LogP contribution in [0.3, 0.4) is 0 Å². The summed E-state index contributed by atoms with van der Waals surface area (Å²) in [4.78, 5) is 15.1. The van der Waals surface area contributed by atoms with Crippen molar-refractivity contribution < 1.29 is 14.3 Å². The molecule has 0 fully saturated rings. The Morgan fingerprint density at radius 3 is 2.74 bits per heavy atom. The van der Waals surface area contributed by atoms with Crippen molar-refractivity contribution in [2.24, 2.45) is 0 Å². The van der Waals surface area contributed by atoms with Crippen molar-refractivity contribution in [1.82, 2.24) is 4.90 Å². The number of hydrogen-bond acceptors (Lipinski definition) is 4. The van der Waals surface area contributed by atoms with Gasteiger partial charge in [0.05, 0.1) is 15.2 Å². The van der Waals surface area contributed by atoms with Crippen molar-refractivity contribution in [3.8, 4) is 11.5 Å². The van der Waals surface area contributed by atoms with Crippen LogP contribution in [0.5, 0.6) is 11.5 Å². The third kappa shape index (κ3) is 3.72. The van der Waals surface area contributed by atoms with E-state index in [-0.39, 0.29) is 12.0 Å². The lowest BCUT2D eigenvalue weighted by Gasteiger charge is -2.30. The highest BCUT2D eigenvalue weighted by molar-refractivity contribution is 9.13. The van der Waals surface area contributed by atoms with Crippen LogP contribution >= 0.6 is 43.2 Å². The molecule has 1 atom stereocenters. The maximum Gasteiger partial charge on any atom is 0.264 e. The summed E-state index contributed by atoms with van der Waals surface area (Å²) in [7, 11) is 0. The summed E-state index contributed by atoms with van der Waals surface area (Å²) in [6.07, 6.45) is -0.166. The summed E-state index contributed by atoms with van der Waals surface area (Å²) in [6, 6.07) is 9.43. The number of likely N-dealkylation sites (N-methyl/N-ethyl adjacent to an activating group) is 1. The number of ether oxygens (including phenoxy) is 2. The average Bonchev–Trinajstić information content (AvgIpc) is 2.91. The Bertz CT molecular complexity index is 700. The SMILES string of the molecule is CCN(CC1COc2ccccc2O1)C(=O)c1cc(Br)c(Br)s1. The zero-order valence-corrected chi connectivity index (χ0v) is 16.4. The molecule has 0 spiro atoms. The lowest BCUT2D eigenvalue weighted by atomic mass is 10.2. The maximum atomic E-state index is 12.7. The van der Waals surface area contributed by atoms with Gasteiger partial charge in [-0.2, -0.15) is 0 Å². The van der Waals surface area contributed by atoms with Gasteiger partial charge >= 0.3 is 0 Å². The zero-order chi connectivity index (χ0) is 16.4. The summed E-state index contributed by atoms with van der Waals surface area (Å²) >= 11 is 8.27. The molecule has 1 aromatic heterocycles. The fourth-order valence-corrected chi connectivity index (χ4v) is 4.37. The van der Waals surface area contributed by atoms with E-state index in [0.29, 0.717) is 24.6 Å². The van der Waals surface area contributed by atoms with E-state index in [1.165, 1.54) is 11.3 Å². The number of fused-ring (bicyclic) bond motifs is 1.